The summed E-state index contributed by atoms with van der Waals surface area (Å²) in [6, 6.07) is 0. The van der Waals surface area contributed by atoms with Crippen molar-refractivity contribution in [1.29, 1.82) is 0 Å². The molecule has 0 spiro atoms. The zero-order valence-corrected chi connectivity index (χ0v) is 11.3. The van der Waals surface area contributed by atoms with Gasteiger partial charge in [0, 0.05) is 6.42 Å². The molecule has 0 heterocycles. The lowest BCUT2D eigenvalue weighted by atomic mass is 9.79. The van der Waals surface area contributed by atoms with Gasteiger partial charge in [0.15, 0.2) is 0 Å². The summed E-state index contributed by atoms with van der Waals surface area (Å²) in [5.41, 5.74) is 0. The van der Waals surface area contributed by atoms with Crippen LogP contribution in [0, 0.1) is 11.8 Å². The molecule has 1 aliphatic carbocycles. The Morgan fingerprint density at radius 1 is 1.18 bits per heavy atom. The van der Waals surface area contributed by atoms with Crippen molar-refractivity contribution in [2.45, 2.75) is 52.4 Å². The molecular formula is C14H27NO2. The van der Waals surface area contributed by atoms with Gasteiger partial charge in [0.2, 0.25) is 0 Å². The second-order valence-electron chi connectivity index (χ2n) is 5.04. The van der Waals surface area contributed by atoms with E-state index in [-0.39, 0.29) is 5.97 Å². The van der Waals surface area contributed by atoms with E-state index in [1.54, 1.807) is 0 Å². The van der Waals surface area contributed by atoms with Gasteiger partial charge in [0.1, 0.15) is 0 Å². The molecule has 1 N–H and O–H groups in total. The van der Waals surface area contributed by atoms with Gasteiger partial charge in [0.05, 0.1) is 6.61 Å². The predicted octanol–water partition coefficient (Wildman–Crippen LogP) is 2.75. The highest BCUT2D eigenvalue weighted by molar-refractivity contribution is 5.69. The summed E-state index contributed by atoms with van der Waals surface area (Å²) in [5, 5.41) is 3.38. The summed E-state index contributed by atoms with van der Waals surface area (Å²) in [6.45, 7) is 6.74. The Bertz CT molecular complexity index is 210. The molecule has 1 saturated carbocycles. The third-order valence-corrected chi connectivity index (χ3v) is 3.71. The lowest BCUT2D eigenvalue weighted by Crippen LogP contribution is -2.22. The first-order valence-corrected chi connectivity index (χ1v) is 7.12. The molecule has 0 unspecified atom stereocenters. The van der Waals surface area contributed by atoms with E-state index < -0.39 is 0 Å². The van der Waals surface area contributed by atoms with Crippen molar-refractivity contribution in [1.82, 2.24) is 5.32 Å². The monoisotopic (exact) mass is 241 g/mol. The fraction of sp³-hybridized carbons (Fsp3) is 0.929. The van der Waals surface area contributed by atoms with Crippen molar-refractivity contribution >= 4 is 5.97 Å². The number of hydrogen-bond donors (Lipinski definition) is 1. The lowest BCUT2D eigenvalue weighted by molar-refractivity contribution is -0.144. The van der Waals surface area contributed by atoms with Crippen LogP contribution in [0.1, 0.15) is 52.4 Å². The molecule has 0 aromatic carbocycles. The normalized spacial score (nSPS) is 24.6. The van der Waals surface area contributed by atoms with E-state index in [2.05, 4.69) is 12.2 Å². The molecule has 0 aromatic rings. The van der Waals surface area contributed by atoms with Gasteiger partial charge in [-0.15, -0.1) is 0 Å². The molecule has 100 valence electrons. The lowest BCUT2D eigenvalue weighted by Gasteiger charge is -2.28. The Hall–Kier alpha value is -0.570. The highest BCUT2D eigenvalue weighted by Crippen LogP contribution is 2.32. The maximum Gasteiger partial charge on any atom is 0.306 e. The molecule has 3 nitrogen and oxygen atoms in total. The fourth-order valence-corrected chi connectivity index (χ4v) is 2.66. The molecule has 0 saturated heterocycles. The molecule has 0 aliphatic heterocycles. The van der Waals surface area contributed by atoms with Gasteiger partial charge < -0.3 is 10.1 Å². The first-order valence-electron chi connectivity index (χ1n) is 7.12. The summed E-state index contributed by atoms with van der Waals surface area (Å²) in [5.74, 6) is 1.43. The van der Waals surface area contributed by atoms with Crippen LogP contribution >= 0.6 is 0 Å². The molecule has 0 atom stereocenters. The number of hydrogen-bond acceptors (Lipinski definition) is 3. The summed E-state index contributed by atoms with van der Waals surface area (Å²) < 4.78 is 5.00. The molecule has 1 fully saturated rings. The Morgan fingerprint density at radius 2 is 1.82 bits per heavy atom. The van der Waals surface area contributed by atoms with Gasteiger partial charge in [-0.25, -0.2) is 0 Å². The van der Waals surface area contributed by atoms with Crippen LogP contribution in [0.4, 0.5) is 0 Å². The number of rotatable bonds is 7. The Balaban J connectivity index is 2.10. The molecule has 1 rings (SSSR count). The van der Waals surface area contributed by atoms with Crippen molar-refractivity contribution in [2.75, 3.05) is 19.7 Å². The minimum absolute atomic E-state index is 0.0106. The predicted molar refractivity (Wildman–Crippen MR) is 69.9 cm³/mol. The summed E-state index contributed by atoms with van der Waals surface area (Å²) in [7, 11) is 0. The smallest absolute Gasteiger partial charge is 0.306 e. The molecular weight excluding hydrogens is 214 g/mol. The summed E-state index contributed by atoms with van der Waals surface area (Å²) in [6.07, 6.45) is 6.91. The van der Waals surface area contributed by atoms with Crippen LogP contribution in [0.5, 0.6) is 0 Å². The van der Waals surface area contributed by atoms with E-state index in [4.69, 9.17) is 4.74 Å². The second kappa shape index (κ2) is 8.51. The van der Waals surface area contributed by atoms with Crippen molar-refractivity contribution in [3.8, 4) is 0 Å². The number of nitrogens with one attached hydrogen (secondary N) is 1. The maximum absolute atomic E-state index is 11.4. The number of carbonyl (C=O) groups is 1. The van der Waals surface area contributed by atoms with Crippen LogP contribution in [0.25, 0.3) is 0 Å². The van der Waals surface area contributed by atoms with Crippen molar-refractivity contribution in [3.05, 3.63) is 0 Å². The first kappa shape index (κ1) is 14.5. The van der Waals surface area contributed by atoms with E-state index in [9.17, 15) is 4.79 Å². The van der Waals surface area contributed by atoms with E-state index in [1.807, 2.05) is 6.92 Å². The largest absolute Gasteiger partial charge is 0.466 e. The maximum atomic E-state index is 11.4. The van der Waals surface area contributed by atoms with Crippen molar-refractivity contribution in [2.24, 2.45) is 11.8 Å². The van der Waals surface area contributed by atoms with E-state index in [0.717, 1.165) is 19.0 Å². The van der Waals surface area contributed by atoms with Crippen LogP contribution in [0.2, 0.25) is 0 Å². The van der Waals surface area contributed by atoms with Gasteiger partial charge in [-0.2, -0.15) is 0 Å². The fourth-order valence-electron chi connectivity index (χ4n) is 2.66. The average molecular weight is 241 g/mol. The topological polar surface area (TPSA) is 38.3 Å². The first-order chi connectivity index (χ1) is 8.26. The Labute approximate surface area is 105 Å². The van der Waals surface area contributed by atoms with Crippen molar-refractivity contribution in [3.63, 3.8) is 0 Å². The molecule has 0 amide bonds. The standard InChI is InChI=1S/C14H27NO2/c1-3-15-10-9-12-5-7-13(8-6-12)11-14(16)17-4-2/h12-13,15H,3-11H2,1-2H3. The van der Waals surface area contributed by atoms with E-state index >= 15 is 0 Å². The number of ether oxygens (including phenoxy) is 1. The highest BCUT2D eigenvalue weighted by atomic mass is 16.5. The van der Waals surface area contributed by atoms with Gasteiger partial charge in [0.25, 0.3) is 0 Å². The minimum atomic E-state index is -0.0106. The van der Waals surface area contributed by atoms with E-state index in [0.29, 0.717) is 18.9 Å². The summed E-state index contributed by atoms with van der Waals surface area (Å²) in [4.78, 5) is 11.4. The third kappa shape index (κ3) is 6.06. The zero-order valence-electron chi connectivity index (χ0n) is 11.3. The number of esters is 1. The minimum Gasteiger partial charge on any atom is -0.466 e. The van der Waals surface area contributed by atoms with Crippen molar-refractivity contribution < 1.29 is 9.53 Å². The van der Waals surface area contributed by atoms with Gasteiger partial charge in [-0.3, -0.25) is 4.79 Å². The van der Waals surface area contributed by atoms with Crippen LogP contribution in [-0.4, -0.2) is 25.7 Å². The highest BCUT2D eigenvalue weighted by Gasteiger charge is 2.23. The summed E-state index contributed by atoms with van der Waals surface area (Å²) >= 11 is 0. The molecule has 0 bridgehead atoms. The van der Waals surface area contributed by atoms with E-state index in [1.165, 1.54) is 32.1 Å². The van der Waals surface area contributed by atoms with Crippen LogP contribution in [0.15, 0.2) is 0 Å². The SMILES string of the molecule is CCNCCC1CCC(CC(=O)OCC)CC1. The van der Waals surface area contributed by atoms with Crippen LogP contribution < -0.4 is 5.32 Å². The second-order valence-corrected chi connectivity index (χ2v) is 5.04. The molecule has 1 aliphatic rings. The van der Waals surface area contributed by atoms with Gasteiger partial charge in [-0.1, -0.05) is 19.8 Å². The van der Waals surface area contributed by atoms with Gasteiger partial charge in [-0.05, 0) is 51.1 Å². The number of carbonyl (C=O) groups excluding carboxylic acids is 1. The molecule has 3 heteroatoms. The third-order valence-electron chi connectivity index (χ3n) is 3.71. The van der Waals surface area contributed by atoms with Gasteiger partial charge >= 0.3 is 5.97 Å². The Morgan fingerprint density at radius 3 is 2.41 bits per heavy atom. The molecule has 17 heavy (non-hydrogen) atoms. The molecule has 0 aromatic heterocycles. The zero-order chi connectivity index (χ0) is 12.5. The molecule has 0 radical (unpaired) electrons. The van der Waals surface area contributed by atoms with Crippen LogP contribution in [-0.2, 0) is 9.53 Å². The van der Waals surface area contributed by atoms with Crippen LogP contribution in [0.3, 0.4) is 0 Å². The Kier molecular flexibility index (Phi) is 7.25. The average Bonchev–Trinajstić information content (AvgIpc) is 2.32. The quantitative estimate of drug-likeness (QED) is 0.550.